The average Bonchev–Trinajstić information content (AvgIpc) is 2.96. The molecule has 1 aliphatic carbocycles. The zero-order valence-electron chi connectivity index (χ0n) is 22.8. The molecule has 2 atom stereocenters. The number of amides is 1. The van der Waals surface area contributed by atoms with Gasteiger partial charge in [-0.1, -0.05) is 18.2 Å². The van der Waals surface area contributed by atoms with Gasteiger partial charge in [0.2, 0.25) is 0 Å². The third-order valence-electron chi connectivity index (χ3n) is 7.50. The van der Waals surface area contributed by atoms with Gasteiger partial charge in [0.15, 0.2) is 17.3 Å². The van der Waals surface area contributed by atoms with Crippen molar-refractivity contribution >= 4 is 17.4 Å². The Morgan fingerprint density at radius 3 is 2.20 bits per heavy atom. The second kappa shape index (κ2) is 11.3. The van der Waals surface area contributed by atoms with Crippen LogP contribution in [0.1, 0.15) is 42.7 Å². The van der Waals surface area contributed by atoms with Crippen LogP contribution in [0.2, 0.25) is 0 Å². The average molecular weight is 543 g/mol. The molecule has 5 rings (SSSR count). The van der Waals surface area contributed by atoms with E-state index in [9.17, 15) is 14.0 Å². The lowest BCUT2D eigenvalue weighted by Crippen LogP contribution is -2.37. The molecule has 1 heterocycles. The molecule has 0 radical (unpaired) electrons. The van der Waals surface area contributed by atoms with Crippen LogP contribution in [0.15, 0.2) is 89.3 Å². The van der Waals surface area contributed by atoms with Crippen molar-refractivity contribution in [1.29, 1.82) is 0 Å². The first-order valence-corrected chi connectivity index (χ1v) is 13.0. The SMILES string of the molecule is COc1ccc(NC(=O)C2=C(C)NC3=C(C(=O)C[C@H](c4ccc(OC)c(OC)c4)C3)[C@@H]2c2ccc(F)cc2)cc1. The van der Waals surface area contributed by atoms with Crippen LogP contribution >= 0.6 is 0 Å². The zero-order valence-corrected chi connectivity index (χ0v) is 22.8. The molecule has 40 heavy (non-hydrogen) atoms. The number of carbonyl (C=O) groups excluding carboxylic acids is 2. The van der Waals surface area contributed by atoms with Crippen LogP contribution in [-0.2, 0) is 9.59 Å². The molecule has 0 unspecified atom stereocenters. The second-order valence-electron chi connectivity index (χ2n) is 9.87. The summed E-state index contributed by atoms with van der Waals surface area (Å²) in [6.45, 7) is 1.83. The number of methoxy groups -OCH3 is 3. The fourth-order valence-corrected chi connectivity index (χ4v) is 5.54. The van der Waals surface area contributed by atoms with Gasteiger partial charge in [-0.3, -0.25) is 9.59 Å². The van der Waals surface area contributed by atoms with Crippen molar-refractivity contribution in [2.24, 2.45) is 0 Å². The number of Topliss-reactive ketones (excluding diaryl/α,β-unsaturated/α-hetero) is 1. The molecule has 7 nitrogen and oxygen atoms in total. The van der Waals surface area contributed by atoms with Gasteiger partial charge in [-0.25, -0.2) is 4.39 Å². The minimum Gasteiger partial charge on any atom is -0.497 e. The molecule has 0 bridgehead atoms. The minimum atomic E-state index is -0.644. The highest BCUT2D eigenvalue weighted by atomic mass is 19.1. The van der Waals surface area contributed by atoms with Crippen LogP contribution in [0, 0.1) is 5.82 Å². The van der Waals surface area contributed by atoms with Crippen molar-refractivity contribution in [3.63, 3.8) is 0 Å². The van der Waals surface area contributed by atoms with Gasteiger partial charge in [0, 0.05) is 40.6 Å². The molecule has 0 fully saturated rings. The highest BCUT2D eigenvalue weighted by Crippen LogP contribution is 2.46. The third-order valence-corrected chi connectivity index (χ3v) is 7.50. The van der Waals surface area contributed by atoms with Crippen LogP contribution in [0.25, 0.3) is 0 Å². The van der Waals surface area contributed by atoms with Crippen LogP contribution in [-0.4, -0.2) is 33.0 Å². The predicted molar refractivity (Wildman–Crippen MR) is 150 cm³/mol. The lowest BCUT2D eigenvalue weighted by Gasteiger charge is -2.37. The Morgan fingerprint density at radius 1 is 0.875 bits per heavy atom. The van der Waals surface area contributed by atoms with E-state index in [-0.39, 0.29) is 29.8 Å². The van der Waals surface area contributed by atoms with Gasteiger partial charge in [-0.15, -0.1) is 0 Å². The summed E-state index contributed by atoms with van der Waals surface area (Å²) in [4.78, 5) is 27.6. The maximum atomic E-state index is 13.9. The topological polar surface area (TPSA) is 85.9 Å². The van der Waals surface area contributed by atoms with Crippen molar-refractivity contribution in [3.05, 3.63) is 106 Å². The fraction of sp³-hybridized carbons (Fsp3) is 0.250. The first-order valence-electron chi connectivity index (χ1n) is 13.0. The van der Waals surface area contributed by atoms with E-state index in [1.54, 1.807) is 57.7 Å². The molecule has 2 aliphatic rings. The lowest BCUT2D eigenvalue weighted by molar-refractivity contribution is -0.116. The highest BCUT2D eigenvalue weighted by molar-refractivity contribution is 6.10. The Kier molecular flexibility index (Phi) is 7.60. The predicted octanol–water partition coefficient (Wildman–Crippen LogP) is 5.85. The number of rotatable bonds is 7. The van der Waals surface area contributed by atoms with E-state index in [1.165, 1.54) is 12.1 Å². The van der Waals surface area contributed by atoms with Gasteiger partial charge in [-0.2, -0.15) is 0 Å². The standard InChI is InChI=1S/C32H31FN2O5/c1-18-29(32(37)35-23-10-12-24(38-2)13-11-23)30(19-5-8-22(33)9-6-19)31-25(34-18)15-21(16-26(31)36)20-7-14-27(39-3)28(17-20)40-4/h5-14,17,21,30,34H,15-16H2,1-4H3,(H,35,37)/t21-,30-/m1/s1. The second-order valence-corrected chi connectivity index (χ2v) is 9.87. The number of benzene rings is 3. The van der Waals surface area contributed by atoms with E-state index in [2.05, 4.69) is 10.6 Å². The number of carbonyl (C=O) groups is 2. The molecule has 0 aromatic heterocycles. The lowest BCUT2D eigenvalue weighted by atomic mass is 9.71. The quantitative estimate of drug-likeness (QED) is 0.390. The number of halogens is 1. The number of hydrogen-bond donors (Lipinski definition) is 2. The summed E-state index contributed by atoms with van der Waals surface area (Å²) in [7, 11) is 4.74. The third kappa shape index (κ3) is 5.17. The van der Waals surface area contributed by atoms with Crippen LogP contribution in [0.5, 0.6) is 17.2 Å². The van der Waals surface area contributed by atoms with Gasteiger partial charge in [0.05, 0.1) is 21.3 Å². The van der Waals surface area contributed by atoms with E-state index < -0.39 is 5.92 Å². The number of anilines is 1. The van der Waals surface area contributed by atoms with Crippen LogP contribution in [0.3, 0.4) is 0 Å². The zero-order chi connectivity index (χ0) is 28.4. The normalized spacial score (nSPS) is 18.6. The molecular formula is C32H31FN2O5. The molecule has 1 amide bonds. The Morgan fingerprint density at radius 2 is 1.55 bits per heavy atom. The largest absolute Gasteiger partial charge is 0.497 e. The first-order chi connectivity index (χ1) is 19.3. The smallest absolute Gasteiger partial charge is 0.254 e. The van der Waals surface area contributed by atoms with Crippen LogP contribution < -0.4 is 24.8 Å². The minimum absolute atomic E-state index is 0.0647. The summed E-state index contributed by atoms with van der Waals surface area (Å²) < 4.78 is 29.9. The van der Waals surface area contributed by atoms with E-state index in [4.69, 9.17) is 14.2 Å². The number of allylic oxidation sites excluding steroid dienone is 3. The summed E-state index contributed by atoms with van der Waals surface area (Å²) in [5.74, 6) is 0.358. The molecule has 3 aromatic carbocycles. The number of hydrogen-bond acceptors (Lipinski definition) is 6. The Hall–Kier alpha value is -4.59. The molecule has 3 aromatic rings. The van der Waals surface area contributed by atoms with E-state index >= 15 is 0 Å². The number of ketones is 1. The van der Waals surface area contributed by atoms with Gasteiger partial charge in [-0.05, 0) is 78.9 Å². The van der Waals surface area contributed by atoms with Gasteiger partial charge < -0.3 is 24.8 Å². The van der Waals surface area contributed by atoms with Crippen molar-refractivity contribution < 1.29 is 28.2 Å². The number of ether oxygens (including phenoxy) is 3. The van der Waals surface area contributed by atoms with E-state index in [0.29, 0.717) is 51.8 Å². The Bertz CT molecular complexity index is 1510. The van der Waals surface area contributed by atoms with Crippen molar-refractivity contribution in [1.82, 2.24) is 5.32 Å². The Balaban J connectivity index is 1.52. The molecular weight excluding hydrogens is 511 g/mol. The van der Waals surface area contributed by atoms with Gasteiger partial charge in [0.25, 0.3) is 5.91 Å². The molecule has 1 aliphatic heterocycles. The number of dihydropyridines is 1. The fourth-order valence-electron chi connectivity index (χ4n) is 5.54. The highest BCUT2D eigenvalue weighted by Gasteiger charge is 2.41. The van der Waals surface area contributed by atoms with Crippen molar-refractivity contribution in [3.8, 4) is 17.2 Å². The monoisotopic (exact) mass is 542 g/mol. The maximum absolute atomic E-state index is 13.9. The van der Waals surface area contributed by atoms with Crippen molar-refractivity contribution in [2.75, 3.05) is 26.6 Å². The molecule has 0 spiro atoms. The Labute approximate surface area is 232 Å². The van der Waals surface area contributed by atoms with E-state index in [0.717, 1.165) is 11.3 Å². The maximum Gasteiger partial charge on any atom is 0.254 e. The summed E-state index contributed by atoms with van der Waals surface area (Å²) in [5.41, 5.74) is 4.58. The molecule has 8 heteroatoms. The molecule has 206 valence electrons. The van der Waals surface area contributed by atoms with Gasteiger partial charge >= 0.3 is 0 Å². The molecule has 0 saturated carbocycles. The van der Waals surface area contributed by atoms with E-state index in [1.807, 2.05) is 25.1 Å². The van der Waals surface area contributed by atoms with Crippen LogP contribution in [0.4, 0.5) is 10.1 Å². The van der Waals surface area contributed by atoms with Crippen molar-refractivity contribution in [2.45, 2.75) is 31.6 Å². The van der Waals surface area contributed by atoms with Gasteiger partial charge in [0.1, 0.15) is 11.6 Å². The number of nitrogens with one attached hydrogen (secondary N) is 2. The summed E-state index contributed by atoms with van der Waals surface area (Å²) in [6, 6.07) is 18.7. The summed E-state index contributed by atoms with van der Waals surface area (Å²) >= 11 is 0. The summed E-state index contributed by atoms with van der Waals surface area (Å²) in [5, 5.41) is 6.32. The summed E-state index contributed by atoms with van der Waals surface area (Å²) in [6.07, 6.45) is 0.832. The molecule has 0 saturated heterocycles. The molecule has 2 N–H and O–H groups in total. The first kappa shape index (κ1) is 27.0.